The molecule has 0 amide bonds. The molecule has 0 unspecified atom stereocenters. The molecule has 0 bridgehead atoms. The predicted octanol–water partition coefficient (Wildman–Crippen LogP) is 1.96. The SMILES string of the molecule is COC(=O)c1c(C(=O)OC)c(-c2ccc([N+](=O)[O-])cc2)n(C)c1C(=O)OC. The first-order valence-electron chi connectivity index (χ1n) is 7.50. The van der Waals surface area contributed by atoms with Gasteiger partial charge in [-0.2, -0.15) is 0 Å². The van der Waals surface area contributed by atoms with Crippen molar-refractivity contribution in [1.82, 2.24) is 4.57 Å². The van der Waals surface area contributed by atoms with Crippen LogP contribution in [-0.2, 0) is 21.3 Å². The zero-order valence-electron chi connectivity index (χ0n) is 15.0. The van der Waals surface area contributed by atoms with Crippen LogP contribution >= 0.6 is 0 Å². The molecule has 0 radical (unpaired) electrons. The molecule has 1 aromatic heterocycles. The van der Waals surface area contributed by atoms with Gasteiger partial charge in [0.05, 0.1) is 31.9 Å². The standard InChI is InChI=1S/C17H16N2O8/c1-18-13(9-5-7-10(8-6-9)19(23)24)11(15(20)25-2)12(16(21)26-3)14(18)17(22)27-4/h5-8H,1-4H3. The first kappa shape index (κ1) is 19.6. The van der Waals surface area contributed by atoms with Crippen molar-refractivity contribution in [3.63, 3.8) is 0 Å². The van der Waals surface area contributed by atoms with Crippen LogP contribution in [0.1, 0.15) is 31.2 Å². The van der Waals surface area contributed by atoms with E-state index in [1.807, 2.05) is 0 Å². The van der Waals surface area contributed by atoms with Gasteiger partial charge < -0.3 is 18.8 Å². The van der Waals surface area contributed by atoms with Gasteiger partial charge >= 0.3 is 17.9 Å². The maximum atomic E-state index is 12.4. The zero-order valence-corrected chi connectivity index (χ0v) is 15.0. The first-order valence-corrected chi connectivity index (χ1v) is 7.50. The van der Waals surface area contributed by atoms with Crippen LogP contribution in [0.2, 0.25) is 0 Å². The Morgan fingerprint density at radius 3 is 1.81 bits per heavy atom. The molecule has 1 aromatic carbocycles. The quantitative estimate of drug-likeness (QED) is 0.335. The van der Waals surface area contributed by atoms with Crippen LogP contribution in [0.5, 0.6) is 0 Å². The highest BCUT2D eigenvalue weighted by molar-refractivity contribution is 6.13. The van der Waals surface area contributed by atoms with E-state index in [9.17, 15) is 24.5 Å². The molecule has 2 rings (SSSR count). The molecule has 0 saturated heterocycles. The second-order valence-electron chi connectivity index (χ2n) is 5.28. The highest BCUT2D eigenvalue weighted by Gasteiger charge is 2.35. The molecule has 0 atom stereocenters. The van der Waals surface area contributed by atoms with Crippen LogP contribution in [0.25, 0.3) is 11.3 Å². The van der Waals surface area contributed by atoms with Gasteiger partial charge in [0.25, 0.3) is 5.69 Å². The first-order chi connectivity index (χ1) is 12.8. The Labute approximate surface area is 153 Å². The summed E-state index contributed by atoms with van der Waals surface area (Å²) < 4.78 is 15.5. The second kappa shape index (κ2) is 7.68. The van der Waals surface area contributed by atoms with E-state index in [1.165, 1.54) is 35.9 Å². The monoisotopic (exact) mass is 376 g/mol. The Kier molecular flexibility index (Phi) is 5.59. The lowest BCUT2D eigenvalue weighted by Gasteiger charge is -2.08. The molecular formula is C17H16N2O8. The number of aromatic nitrogens is 1. The molecule has 10 heteroatoms. The number of nitro benzene ring substituents is 1. The lowest BCUT2D eigenvalue weighted by Crippen LogP contribution is -2.16. The summed E-state index contributed by atoms with van der Waals surface area (Å²) in [5, 5.41) is 10.9. The number of ether oxygens (including phenoxy) is 3. The number of carbonyl (C=O) groups is 3. The maximum absolute atomic E-state index is 12.4. The van der Waals surface area contributed by atoms with Crippen LogP contribution < -0.4 is 0 Å². The fourth-order valence-corrected chi connectivity index (χ4v) is 2.70. The largest absolute Gasteiger partial charge is 0.465 e. The van der Waals surface area contributed by atoms with Gasteiger partial charge in [-0.3, -0.25) is 10.1 Å². The summed E-state index contributed by atoms with van der Waals surface area (Å²) in [5.74, 6) is -2.68. The summed E-state index contributed by atoms with van der Waals surface area (Å²) in [5.41, 5.74) is -0.387. The minimum atomic E-state index is -0.931. The van der Waals surface area contributed by atoms with E-state index in [0.717, 1.165) is 21.3 Å². The zero-order chi connectivity index (χ0) is 20.3. The highest BCUT2D eigenvalue weighted by Crippen LogP contribution is 2.33. The third kappa shape index (κ3) is 3.36. The van der Waals surface area contributed by atoms with E-state index in [1.54, 1.807) is 0 Å². The number of hydrogen-bond donors (Lipinski definition) is 0. The van der Waals surface area contributed by atoms with Gasteiger partial charge in [0.15, 0.2) is 0 Å². The van der Waals surface area contributed by atoms with Gasteiger partial charge in [-0.15, -0.1) is 0 Å². The van der Waals surface area contributed by atoms with Crippen molar-refractivity contribution < 1.29 is 33.5 Å². The summed E-state index contributed by atoms with van der Waals surface area (Å²) in [6.45, 7) is 0. The highest BCUT2D eigenvalue weighted by atomic mass is 16.6. The van der Waals surface area contributed by atoms with Crippen LogP contribution in [0.3, 0.4) is 0 Å². The average molecular weight is 376 g/mol. The summed E-state index contributed by atoms with van der Waals surface area (Å²) >= 11 is 0. The Balaban J connectivity index is 2.88. The summed E-state index contributed by atoms with van der Waals surface area (Å²) in [7, 11) is 4.79. The normalized spacial score (nSPS) is 10.2. The molecule has 2 aromatic rings. The number of methoxy groups -OCH3 is 3. The maximum Gasteiger partial charge on any atom is 0.355 e. The van der Waals surface area contributed by atoms with E-state index < -0.39 is 22.8 Å². The predicted molar refractivity (Wildman–Crippen MR) is 91.5 cm³/mol. The number of esters is 3. The van der Waals surface area contributed by atoms with E-state index in [2.05, 4.69) is 0 Å². The molecule has 1 heterocycles. The van der Waals surface area contributed by atoms with Crippen LogP contribution in [0.4, 0.5) is 5.69 Å². The summed E-state index contributed by atoms with van der Waals surface area (Å²) in [6.07, 6.45) is 0. The lowest BCUT2D eigenvalue weighted by molar-refractivity contribution is -0.384. The van der Waals surface area contributed by atoms with Crippen LogP contribution in [0, 0.1) is 10.1 Å². The van der Waals surface area contributed by atoms with Crippen molar-refractivity contribution >= 4 is 23.6 Å². The number of non-ortho nitro benzene ring substituents is 1. The molecule has 0 saturated carbocycles. The Morgan fingerprint density at radius 1 is 0.889 bits per heavy atom. The average Bonchev–Trinajstić information content (AvgIpc) is 2.99. The Morgan fingerprint density at radius 2 is 1.37 bits per heavy atom. The minimum Gasteiger partial charge on any atom is -0.465 e. The van der Waals surface area contributed by atoms with E-state index in [4.69, 9.17) is 14.2 Å². The van der Waals surface area contributed by atoms with Gasteiger partial charge in [0.1, 0.15) is 16.8 Å². The Hall–Kier alpha value is -3.69. The van der Waals surface area contributed by atoms with E-state index >= 15 is 0 Å². The van der Waals surface area contributed by atoms with Crippen molar-refractivity contribution in [2.24, 2.45) is 7.05 Å². The smallest absolute Gasteiger partial charge is 0.355 e. The lowest BCUT2D eigenvalue weighted by atomic mass is 10.0. The van der Waals surface area contributed by atoms with E-state index in [0.29, 0.717) is 5.56 Å². The molecule has 10 nitrogen and oxygen atoms in total. The van der Waals surface area contributed by atoms with Crippen molar-refractivity contribution in [2.45, 2.75) is 0 Å². The van der Waals surface area contributed by atoms with Crippen molar-refractivity contribution in [1.29, 1.82) is 0 Å². The number of nitrogens with zero attached hydrogens (tertiary/aromatic N) is 2. The van der Waals surface area contributed by atoms with Gasteiger partial charge in [-0.25, -0.2) is 14.4 Å². The number of benzene rings is 1. The third-order valence-corrected chi connectivity index (χ3v) is 3.90. The van der Waals surface area contributed by atoms with Gasteiger partial charge in [0, 0.05) is 19.2 Å². The molecule has 0 N–H and O–H groups in total. The molecule has 27 heavy (non-hydrogen) atoms. The fraction of sp³-hybridized carbons (Fsp3) is 0.235. The molecule has 0 aliphatic rings. The minimum absolute atomic E-state index is 0.151. The topological polar surface area (TPSA) is 127 Å². The van der Waals surface area contributed by atoms with Crippen molar-refractivity contribution in [2.75, 3.05) is 21.3 Å². The van der Waals surface area contributed by atoms with Crippen LogP contribution in [0.15, 0.2) is 24.3 Å². The molecule has 142 valence electrons. The van der Waals surface area contributed by atoms with Crippen molar-refractivity contribution in [3.05, 3.63) is 51.2 Å². The molecule has 0 aliphatic heterocycles. The number of carbonyl (C=O) groups excluding carboxylic acids is 3. The van der Waals surface area contributed by atoms with Crippen molar-refractivity contribution in [3.8, 4) is 11.3 Å². The Bertz CT molecular complexity index is 927. The van der Waals surface area contributed by atoms with Gasteiger partial charge in [-0.1, -0.05) is 0 Å². The molecule has 0 aliphatic carbocycles. The molecular weight excluding hydrogens is 360 g/mol. The van der Waals surface area contributed by atoms with Crippen LogP contribution in [-0.4, -0.2) is 48.7 Å². The summed E-state index contributed by atoms with van der Waals surface area (Å²) in [4.78, 5) is 47.2. The third-order valence-electron chi connectivity index (χ3n) is 3.90. The number of rotatable bonds is 5. The summed E-state index contributed by atoms with van der Waals surface area (Å²) in [6, 6.07) is 5.25. The second-order valence-corrected chi connectivity index (χ2v) is 5.28. The fourth-order valence-electron chi connectivity index (χ4n) is 2.70. The number of hydrogen-bond acceptors (Lipinski definition) is 8. The number of nitro groups is 1. The van der Waals surface area contributed by atoms with Gasteiger partial charge in [-0.05, 0) is 17.7 Å². The molecule has 0 fully saturated rings. The molecule has 0 spiro atoms. The van der Waals surface area contributed by atoms with E-state index in [-0.39, 0.29) is 28.2 Å². The van der Waals surface area contributed by atoms with Gasteiger partial charge in [0.2, 0.25) is 0 Å².